The van der Waals surface area contributed by atoms with Gasteiger partial charge in [0.05, 0.1) is 5.56 Å². The Labute approximate surface area is 103 Å². The number of carbonyl (C=O) groups is 1. The lowest BCUT2D eigenvalue weighted by molar-refractivity contribution is 0.0697. The molecule has 1 aromatic carbocycles. The van der Waals surface area contributed by atoms with Crippen molar-refractivity contribution in [2.24, 2.45) is 0 Å². The summed E-state index contributed by atoms with van der Waals surface area (Å²) in [7, 11) is 0. The first-order valence-electron chi connectivity index (χ1n) is 5.51. The number of para-hydroxylation sites is 1. The Morgan fingerprint density at radius 2 is 2.00 bits per heavy atom. The molecule has 2 N–H and O–H groups in total. The molecule has 0 fully saturated rings. The predicted molar refractivity (Wildman–Crippen MR) is 68.5 cm³/mol. The number of aromatic nitrogens is 2. The number of benzene rings is 1. The van der Waals surface area contributed by atoms with Crippen LogP contribution >= 0.6 is 0 Å². The molecule has 2 heterocycles. The second-order valence-electron chi connectivity index (χ2n) is 3.97. The van der Waals surface area contributed by atoms with Gasteiger partial charge in [-0.3, -0.25) is 4.98 Å². The zero-order valence-corrected chi connectivity index (χ0v) is 9.42. The smallest absolute Gasteiger partial charge is 0.337 e. The number of fused-ring (bicyclic) bond motifs is 1. The quantitative estimate of drug-likeness (QED) is 0.721. The maximum atomic E-state index is 11.2. The van der Waals surface area contributed by atoms with Crippen molar-refractivity contribution in [1.82, 2.24) is 9.97 Å². The maximum Gasteiger partial charge on any atom is 0.337 e. The number of H-pyrrole nitrogens is 1. The first-order valence-corrected chi connectivity index (χ1v) is 5.51. The third kappa shape index (κ3) is 1.55. The monoisotopic (exact) mass is 238 g/mol. The molecule has 3 aromatic rings. The number of nitrogens with one attached hydrogen (secondary N) is 1. The molecule has 0 aliphatic carbocycles. The molecule has 0 aliphatic rings. The van der Waals surface area contributed by atoms with Crippen LogP contribution in [0.5, 0.6) is 0 Å². The van der Waals surface area contributed by atoms with Gasteiger partial charge in [-0.05, 0) is 12.1 Å². The second-order valence-corrected chi connectivity index (χ2v) is 3.97. The van der Waals surface area contributed by atoms with Crippen LogP contribution in [-0.4, -0.2) is 21.0 Å². The predicted octanol–water partition coefficient (Wildman–Crippen LogP) is 2.93. The lowest BCUT2D eigenvalue weighted by Gasteiger charge is -2.03. The van der Waals surface area contributed by atoms with Gasteiger partial charge >= 0.3 is 5.97 Å². The SMILES string of the molecule is O=C(O)c1cnccc1-c1c[nH]c2ccccc12. The Bertz CT molecular complexity index is 731. The van der Waals surface area contributed by atoms with Crippen LogP contribution in [0.25, 0.3) is 22.0 Å². The molecule has 2 aromatic heterocycles. The van der Waals surface area contributed by atoms with Gasteiger partial charge in [-0.15, -0.1) is 0 Å². The summed E-state index contributed by atoms with van der Waals surface area (Å²) in [5.41, 5.74) is 2.75. The van der Waals surface area contributed by atoms with Gasteiger partial charge in [-0.1, -0.05) is 18.2 Å². The lowest BCUT2D eigenvalue weighted by atomic mass is 10.0. The minimum absolute atomic E-state index is 0.210. The van der Waals surface area contributed by atoms with E-state index in [1.807, 2.05) is 30.5 Å². The first kappa shape index (κ1) is 10.5. The van der Waals surface area contributed by atoms with Crippen LogP contribution in [0.1, 0.15) is 10.4 Å². The van der Waals surface area contributed by atoms with Crippen molar-refractivity contribution in [2.75, 3.05) is 0 Å². The number of nitrogens with zero attached hydrogens (tertiary/aromatic N) is 1. The summed E-state index contributed by atoms with van der Waals surface area (Å²) < 4.78 is 0. The summed E-state index contributed by atoms with van der Waals surface area (Å²) in [6.07, 6.45) is 4.80. The van der Waals surface area contributed by atoms with Gasteiger partial charge in [-0.25, -0.2) is 4.79 Å². The fraction of sp³-hybridized carbons (Fsp3) is 0. The average molecular weight is 238 g/mol. The lowest BCUT2D eigenvalue weighted by Crippen LogP contribution is -1.99. The van der Waals surface area contributed by atoms with Crippen molar-refractivity contribution in [1.29, 1.82) is 0 Å². The van der Waals surface area contributed by atoms with E-state index in [1.54, 1.807) is 12.3 Å². The normalized spacial score (nSPS) is 10.7. The number of carboxylic acid groups (broad SMARTS) is 1. The zero-order chi connectivity index (χ0) is 12.5. The molecule has 0 saturated heterocycles. The third-order valence-electron chi connectivity index (χ3n) is 2.93. The molecule has 0 unspecified atom stereocenters. The van der Waals surface area contributed by atoms with Crippen molar-refractivity contribution in [3.8, 4) is 11.1 Å². The highest BCUT2D eigenvalue weighted by Gasteiger charge is 2.14. The summed E-state index contributed by atoms with van der Waals surface area (Å²) in [5.74, 6) is -0.969. The number of hydrogen-bond donors (Lipinski definition) is 2. The van der Waals surface area contributed by atoms with E-state index in [9.17, 15) is 9.90 Å². The molecular weight excluding hydrogens is 228 g/mol. The molecule has 0 saturated carbocycles. The van der Waals surface area contributed by atoms with E-state index < -0.39 is 5.97 Å². The highest BCUT2D eigenvalue weighted by atomic mass is 16.4. The van der Waals surface area contributed by atoms with E-state index in [-0.39, 0.29) is 5.56 Å². The maximum absolute atomic E-state index is 11.2. The first-order chi connectivity index (χ1) is 8.77. The van der Waals surface area contributed by atoms with Crippen LogP contribution in [0.3, 0.4) is 0 Å². The fourth-order valence-corrected chi connectivity index (χ4v) is 2.09. The third-order valence-corrected chi connectivity index (χ3v) is 2.93. The number of aromatic amines is 1. The topological polar surface area (TPSA) is 66.0 Å². The van der Waals surface area contributed by atoms with Gasteiger partial charge in [0.2, 0.25) is 0 Å². The summed E-state index contributed by atoms with van der Waals surface area (Å²) in [4.78, 5) is 18.2. The molecule has 0 amide bonds. The van der Waals surface area contributed by atoms with E-state index >= 15 is 0 Å². The van der Waals surface area contributed by atoms with Crippen molar-refractivity contribution in [2.45, 2.75) is 0 Å². The van der Waals surface area contributed by atoms with E-state index in [4.69, 9.17) is 0 Å². The number of carboxylic acids is 1. The molecule has 3 rings (SSSR count). The Balaban J connectivity index is 2.30. The molecule has 0 aliphatic heterocycles. The molecule has 0 spiro atoms. The van der Waals surface area contributed by atoms with Gasteiger partial charge < -0.3 is 10.1 Å². The van der Waals surface area contributed by atoms with Crippen LogP contribution < -0.4 is 0 Å². The van der Waals surface area contributed by atoms with Crippen LogP contribution in [0, 0.1) is 0 Å². The fourth-order valence-electron chi connectivity index (χ4n) is 2.09. The number of pyridine rings is 1. The van der Waals surface area contributed by atoms with Crippen molar-refractivity contribution in [3.05, 3.63) is 54.5 Å². The van der Waals surface area contributed by atoms with E-state index in [2.05, 4.69) is 9.97 Å². The Morgan fingerprint density at radius 1 is 1.17 bits per heavy atom. The van der Waals surface area contributed by atoms with Crippen LogP contribution in [0.15, 0.2) is 48.9 Å². The number of rotatable bonds is 2. The van der Waals surface area contributed by atoms with Gasteiger partial charge in [-0.2, -0.15) is 0 Å². The summed E-state index contributed by atoms with van der Waals surface area (Å²) in [5, 5.41) is 10.2. The Morgan fingerprint density at radius 3 is 2.83 bits per heavy atom. The minimum atomic E-state index is -0.969. The van der Waals surface area contributed by atoms with E-state index in [0.29, 0.717) is 5.56 Å². The molecule has 0 atom stereocenters. The largest absolute Gasteiger partial charge is 0.478 e. The average Bonchev–Trinajstić information content (AvgIpc) is 2.82. The van der Waals surface area contributed by atoms with Crippen molar-refractivity contribution < 1.29 is 9.90 Å². The van der Waals surface area contributed by atoms with Crippen LogP contribution in [0.2, 0.25) is 0 Å². The second kappa shape index (κ2) is 4.00. The molecule has 0 radical (unpaired) electrons. The highest BCUT2D eigenvalue weighted by Crippen LogP contribution is 2.30. The highest BCUT2D eigenvalue weighted by molar-refractivity contribution is 6.02. The standard InChI is InChI=1S/C14H10N2O2/c17-14(18)12-7-15-6-5-9(12)11-8-16-13-4-2-1-3-10(11)13/h1-8,16H,(H,17,18). The van der Waals surface area contributed by atoms with Crippen molar-refractivity contribution in [3.63, 3.8) is 0 Å². The number of hydrogen-bond acceptors (Lipinski definition) is 2. The van der Waals surface area contributed by atoms with E-state index in [0.717, 1.165) is 16.5 Å². The van der Waals surface area contributed by atoms with E-state index in [1.165, 1.54) is 6.20 Å². The Hall–Kier alpha value is -2.62. The summed E-state index contributed by atoms with van der Waals surface area (Å²) in [6, 6.07) is 9.52. The van der Waals surface area contributed by atoms with Crippen LogP contribution in [-0.2, 0) is 0 Å². The van der Waals surface area contributed by atoms with Gasteiger partial charge in [0.25, 0.3) is 0 Å². The van der Waals surface area contributed by atoms with Gasteiger partial charge in [0, 0.05) is 40.6 Å². The summed E-state index contributed by atoms with van der Waals surface area (Å²) >= 11 is 0. The van der Waals surface area contributed by atoms with Crippen molar-refractivity contribution >= 4 is 16.9 Å². The molecule has 88 valence electrons. The zero-order valence-electron chi connectivity index (χ0n) is 9.42. The number of aromatic carboxylic acids is 1. The molecule has 4 nitrogen and oxygen atoms in total. The molecule has 0 bridgehead atoms. The molecule has 18 heavy (non-hydrogen) atoms. The van der Waals surface area contributed by atoms with Crippen LogP contribution in [0.4, 0.5) is 0 Å². The Kier molecular flexibility index (Phi) is 2.34. The summed E-state index contributed by atoms with van der Waals surface area (Å²) in [6.45, 7) is 0. The minimum Gasteiger partial charge on any atom is -0.478 e. The molecule has 4 heteroatoms. The molecular formula is C14H10N2O2. The van der Waals surface area contributed by atoms with Gasteiger partial charge in [0.15, 0.2) is 0 Å². The van der Waals surface area contributed by atoms with Gasteiger partial charge in [0.1, 0.15) is 0 Å².